The molecule has 1 heterocycles. The second-order valence-electron chi connectivity index (χ2n) is 7.06. The van der Waals surface area contributed by atoms with Crippen molar-refractivity contribution in [3.8, 4) is 0 Å². The zero-order valence-electron chi connectivity index (χ0n) is 15.5. The van der Waals surface area contributed by atoms with Crippen LogP contribution in [0.1, 0.15) is 19.8 Å². The molecule has 2 aliphatic rings. The van der Waals surface area contributed by atoms with Gasteiger partial charge in [0.25, 0.3) is 0 Å². The number of hydrogen-bond acceptors (Lipinski definition) is 4. The first kappa shape index (κ1) is 19.3. The highest BCUT2D eigenvalue weighted by atomic mass is 19.1. The third-order valence-corrected chi connectivity index (χ3v) is 5.10. The van der Waals surface area contributed by atoms with E-state index in [0.29, 0.717) is 57.8 Å². The molecule has 0 aromatic heterocycles. The van der Waals surface area contributed by atoms with E-state index in [1.165, 1.54) is 24.3 Å². The summed E-state index contributed by atoms with van der Waals surface area (Å²) >= 11 is 0. The number of halogens is 1. The van der Waals surface area contributed by atoms with Crippen LogP contribution < -0.4 is 10.6 Å². The van der Waals surface area contributed by atoms with Crippen molar-refractivity contribution >= 4 is 23.4 Å². The maximum atomic E-state index is 13.0. The van der Waals surface area contributed by atoms with E-state index < -0.39 is 5.41 Å². The Balaban J connectivity index is 1.53. The van der Waals surface area contributed by atoms with Gasteiger partial charge in [0.1, 0.15) is 11.2 Å². The predicted octanol–water partition coefficient (Wildman–Crippen LogP) is 0.825. The molecule has 3 rings (SSSR count). The molecule has 1 aromatic rings. The molecule has 0 radical (unpaired) electrons. The quantitative estimate of drug-likeness (QED) is 0.721. The molecule has 27 heavy (non-hydrogen) atoms. The van der Waals surface area contributed by atoms with E-state index in [9.17, 15) is 18.8 Å². The third-order valence-electron chi connectivity index (χ3n) is 5.10. The lowest BCUT2D eigenvalue weighted by atomic mass is 10.0. The van der Waals surface area contributed by atoms with Crippen molar-refractivity contribution in [1.29, 1.82) is 0 Å². The Morgan fingerprint density at radius 3 is 2.26 bits per heavy atom. The van der Waals surface area contributed by atoms with E-state index >= 15 is 0 Å². The molecule has 7 nitrogen and oxygen atoms in total. The highest BCUT2D eigenvalue weighted by Crippen LogP contribution is 2.48. The van der Waals surface area contributed by atoms with Crippen LogP contribution in [0, 0.1) is 11.2 Å². The summed E-state index contributed by atoms with van der Waals surface area (Å²) in [6.45, 7) is 5.03. The molecule has 146 valence electrons. The summed E-state index contributed by atoms with van der Waals surface area (Å²) in [7, 11) is 0. The number of nitrogens with one attached hydrogen (secondary N) is 2. The van der Waals surface area contributed by atoms with Crippen molar-refractivity contribution in [1.82, 2.24) is 15.1 Å². The zero-order valence-corrected chi connectivity index (χ0v) is 15.5. The third kappa shape index (κ3) is 4.44. The first-order chi connectivity index (χ1) is 12.9. The van der Waals surface area contributed by atoms with Crippen LogP contribution >= 0.6 is 0 Å². The van der Waals surface area contributed by atoms with Gasteiger partial charge >= 0.3 is 0 Å². The molecular formula is C19H25FN4O3. The fourth-order valence-corrected chi connectivity index (χ4v) is 3.31. The molecule has 1 aromatic carbocycles. The number of rotatable bonds is 6. The molecule has 2 fully saturated rings. The molecule has 1 aliphatic heterocycles. The number of likely N-dealkylation sites (N-methyl/N-ethyl adjacent to an activating group) is 1. The molecule has 8 heteroatoms. The first-order valence-electron chi connectivity index (χ1n) is 9.30. The summed E-state index contributed by atoms with van der Waals surface area (Å²) in [5.41, 5.74) is -0.525. The van der Waals surface area contributed by atoms with Gasteiger partial charge in [-0.25, -0.2) is 4.39 Å². The van der Waals surface area contributed by atoms with Crippen molar-refractivity contribution in [3.05, 3.63) is 30.1 Å². The van der Waals surface area contributed by atoms with Gasteiger partial charge in [0.2, 0.25) is 17.7 Å². The average Bonchev–Trinajstić information content (AvgIpc) is 3.46. The smallest absolute Gasteiger partial charge is 0.240 e. The number of anilines is 1. The van der Waals surface area contributed by atoms with E-state index in [0.717, 1.165) is 0 Å². The maximum absolute atomic E-state index is 13.0. The Bertz CT molecular complexity index is 710. The Kier molecular flexibility index (Phi) is 5.74. The lowest BCUT2D eigenvalue weighted by molar-refractivity contribution is -0.143. The Morgan fingerprint density at radius 2 is 1.70 bits per heavy atom. The van der Waals surface area contributed by atoms with E-state index in [1.54, 1.807) is 4.90 Å². The van der Waals surface area contributed by atoms with Crippen LogP contribution in [0.15, 0.2) is 24.3 Å². The average molecular weight is 376 g/mol. The highest BCUT2D eigenvalue weighted by molar-refractivity contribution is 6.13. The number of carbonyl (C=O) groups excluding carboxylic acids is 3. The molecule has 1 saturated heterocycles. The van der Waals surface area contributed by atoms with E-state index in [2.05, 4.69) is 10.6 Å². The molecule has 3 amide bonds. The summed E-state index contributed by atoms with van der Waals surface area (Å²) in [5.74, 6) is -0.881. The van der Waals surface area contributed by atoms with Gasteiger partial charge in [-0.15, -0.1) is 0 Å². The first-order valence-corrected chi connectivity index (χ1v) is 9.30. The summed E-state index contributed by atoms with van der Waals surface area (Å²) in [4.78, 5) is 40.9. The second-order valence-corrected chi connectivity index (χ2v) is 7.06. The van der Waals surface area contributed by atoms with Crippen molar-refractivity contribution in [3.63, 3.8) is 0 Å². The summed E-state index contributed by atoms with van der Waals surface area (Å²) in [6.07, 6.45) is 1.05. The minimum atomic E-state index is -1.00. The SMILES string of the molecule is CCNC(=O)CN1CCN(C(=O)C2(C(=O)Nc3ccc(F)cc3)CC2)CC1. The van der Waals surface area contributed by atoms with Crippen LogP contribution in [-0.4, -0.2) is 66.8 Å². The molecule has 2 N–H and O–H groups in total. The monoisotopic (exact) mass is 376 g/mol. The topological polar surface area (TPSA) is 81.8 Å². The van der Waals surface area contributed by atoms with Gasteiger partial charge < -0.3 is 15.5 Å². The van der Waals surface area contributed by atoms with Gasteiger partial charge in [-0.3, -0.25) is 19.3 Å². The van der Waals surface area contributed by atoms with Crippen LogP contribution in [0.25, 0.3) is 0 Å². The van der Waals surface area contributed by atoms with Crippen LogP contribution in [-0.2, 0) is 14.4 Å². The van der Waals surface area contributed by atoms with Gasteiger partial charge in [-0.1, -0.05) is 0 Å². The van der Waals surface area contributed by atoms with Crippen LogP contribution in [0.5, 0.6) is 0 Å². The second kappa shape index (κ2) is 8.04. The lowest BCUT2D eigenvalue weighted by Gasteiger charge is -2.36. The number of hydrogen-bond donors (Lipinski definition) is 2. The van der Waals surface area contributed by atoms with Crippen LogP contribution in [0.4, 0.5) is 10.1 Å². The van der Waals surface area contributed by atoms with E-state index in [-0.39, 0.29) is 23.5 Å². The van der Waals surface area contributed by atoms with Crippen molar-refractivity contribution in [2.24, 2.45) is 5.41 Å². The molecule has 1 aliphatic carbocycles. The van der Waals surface area contributed by atoms with E-state index in [4.69, 9.17) is 0 Å². The molecule has 0 atom stereocenters. The minimum Gasteiger partial charge on any atom is -0.355 e. The lowest BCUT2D eigenvalue weighted by Crippen LogP contribution is -2.54. The van der Waals surface area contributed by atoms with Gasteiger partial charge in [-0.2, -0.15) is 0 Å². The highest BCUT2D eigenvalue weighted by Gasteiger charge is 2.58. The predicted molar refractivity (Wildman–Crippen MR) is 98.4 cm³/mol. The Hall–Kier alpha value is -2.48. The Morgan fingerprint density at radius 1 is 1.07 bits per heavy atom. The van der Waals surface area contributed by atoms with Crippen molar-refractivity contribution in [2.75, 3.05) is 44.6 Å². The summed E-state index contributed by atoms with van der Waals surface area (Å²) in [5, 5.41) is 5.49. The standard InChI is InChI=1S/C19H25FN4O3/c1-2-21-16(25)13-23-9-11-24(12-10-23)18(27)19(7-8-19)17(26)22-15-5-3-14(20)4-6-15/h3-6H,2,7-13H2,1H3,(H,21,25)(H,22,26). The molecule has 1 saturated carbocycles. The maximum Gasteiger partial charge on any atom is 0.240 e. The van der Waals surface area contributed by atoms with Crippen molar-refractivity contribution in [2.45, 2.75) is 19.8 Å². The molecular weight excluding hydrogens is 351 g/mol. The number of benzene rings is 1. The van der Waals surface area contributed by atoms with Gasteiger partial charge in [-0.05, 0) is 44.0 Å². The number of piperazine rings is 1. The van der Waals surface area contributed by atoms with Crippen LogP contribution in [0.2, 0.25) is 0 Å². The van der Waals surface area contributed by atoms with Gasteiger partial charge in [0.05, 0.1) is 6.54 Å². The minimum absolute atomic E-state index is 0.0189. The summed E-state index contributed by atoms with van der Waals surface area (Å²) in [6, 6.07) is 5.50. The fourth-order valence-electron chi connectivity index (χ4n) is 3.31. The van der Waals surface area contributed by atoms with E-state index in [1.807, 2.05) is 11.8 Å². The van der Waals surface area contributed by atoms with Gasteiger partial charge in [0, 0.05) is 38.4 Å². The normalized spacial score (nSPS) is 18.7. The summed E-state index contributed by atoms with van der Waals surface area (Å²) < 4.78 is 13.0. The molecule has 0 unspecified atom stereocenters. The number of nitrogens with zero attached hydrogens (tertiary/aromatic N) is 2. The number of amides is 3. The van der Waals surface area contributed by atoms with Crippen LogP contribution in [0.3, 0.4) is 0 Å². The fraction of sp³-hybridized carbons (Fsp3) is 0.526. The largest absolute Gasteiger partial charge is 0.355 e. The molecule has 0 spiro atoms. The zero-order chi connectivity index (χ0) is 19.4. The Labute approximate surface area is 157 Å². The van der Waals surface area contributed by atoms with Crippen molar-refractivity contribution < 1.29 is 18.8 Å². The van der Waals surface area contributed by atoms with Gasteiger partial charge in [0.15, 0.2) is 0 Å². The number of carbonyl (C=O) groups is 3. The molecule has 0 bridgehead atoms.